The molecule has 0 aromatic carbocycles. The van der Waals surface area contributed by atoms with Crippen LogP contribution in [0.3, 0.4) is 0 Å². The molecule has 0 amide bonds. The van der Waals surface area contributed by atoms with E-state index in [-0.39, 0.29) is 0 Å². The van der Waals surface area contributed by atoms with Crippen LogP contribution in [-0.2, 0) is 0 Å². The van der Waals surface area contributed by atoms with Gasteiger partial charge < -0.3 is 4.90 Å². The van der Waals surface area contributed by atoms with Gasteiger partial charge in [-0.2, -0.15) is 0 Å². The zero-order valence-electron chi connectivity index (χ0n) is 6.30. The molecule has 0 N–H and O–H groups in total. The molecule has 1 rings (SSSR count). The summed E-state index contributed by atoms with van der Waals surface area (Å²) in [6.07, 6.45) is 5.87. The number of nitrogens with zero attached hydrogens (tertiary/aromatic N) is 1. The third-order valence-electron chi connectivity index (χ3n) is 1.90. The smallest absolute Gasteiger partial charge is 0.0160 e. The van der Waals surface area contributed by atoms with Gasteiger partial charge in [0, 0.05) is 13.1 Å². The summed E-state index contributed by atoms with van der Waals surface area (Å²) in [6, 6.07) is 0. The van der Waals surface area contributed by atoms with Crippen LogP contribution in [-0.4, -0.2) is 25.0 Å². The first-order valence-corrected chi connectivity index (χ1v) is 3.68. The number of likely N-dealkylation sites (N-methyl/N-ethyl adjacent to an activating group) is 1. The lowest BCUT2D eigenvalue weighted by molar-refractivity contribution is 0.308. The molecule has 1 heteroatoms. The lowest BCUT2D eigenvalue weighted by Crippen LogP contribution is -2.28. The topological polar surface area (TPSA) is 3.24 Å². The molecule has 52 valence electrons. The predicted octanol–water partition coefficient (Wildman–Crippen LogP) is 1.51. The molecule has 1 unspecified atom stereocenters. The van der Waals surface area contributed by atoms with Crippen molar-refractivity contribution in [2.45, 2.75) is 13.3 Å². The summed E-state index contributed by atoms with van der Waals surface area (Å²) in [7, 11) is 2.17. The van der Waals surface area contributed by atoms with Crippen molar-refractivity contribution in [3.8, 4) is 0 Å². The molecule has 0 saturated heterocycles. The molecule has 0 fully saturated rings. The fraction of sp³-hybridized carbons (Fsp3) is 0.750. The minimum atomic E-state index is 0.809. The van der Waals surface area contributed by atoms with Gasteiger partial charge in [-0.25, -0.2) is 0 Å². The van der Waals surface area contributed by atoms with E-state index in [0.717, 1.165) is 12.5 Å². The molecule has 1 aliphatic rings. The van der Waals surface area contributed by atoms with E-state index < -0.39 is 0 Å². The Morgan fingerprint density at radius 2 is 2.44 bits per heavy atom. The summed E-state index contributed by atoms with van der Waals surface area (Å²) in [5.74, 6) is 0.809. The summed E-state index contributed by atoms with van der Waals surface area (Å²) in [5, 5.41) is 0. The van der Waals surface area contributed by atoms with Crippen molar-refractivity contribution >= 4 is 0 Å². The van der Waals surface area contributed by atoms with Gasteiger partial charge in [-0.05, 0) is 19.4 Å². The van der Waals surface area contributed by atoms with Crippen molar-refractivity contribution in [3.63, 3.8) is 0 Å². The minimum absolute atomic E-state index is 0.809. The van der Waals surface area contributed by atoms with Crippen molar-refractivity contribution in [2.75, 3.05) is 20.1 Å². The van der Waals surface area contributed by atoms with E-state index in [1.165, 1.54) is 13.0 Å². The van der Waals surface area contributed by atoms with E-state index >= 15 is 0 Å². The van der Waals surface area contributed by atoms with Crippen molar-refractivity contribution in [1.29, 1.82) is 0 Å². The summed E-state index contributed by atoms with van der Waals surface area (Å²) >= 11 is 0. The van der Waals surface area contributed by atoms with Gasteiger partial charge in [0.05, 0.1) is 0 Å². The molecular formula is C8H15N. The summed E-state index contributed by atoms with van der Waals surface area (Å²) in [5.41, 5.74) is 0. The van der Waals surface area contributed by atoms with Gasteiger partial charge >= 0.3 is 0 Å². The van der Waals surface area contributed by atoms with Crippen molar-refractivity contribution in [2.24, 2.45) is 5.92 Å². The summed E-state index contributed by atoms with van der Waals surface area (Å²) < 4.78 is 0. The van der Waals surface area contributed by atoms with Gasteiger partial charge in [0.2, 0.25) is 0 Å². The van der Waals surface area contributed by atoms with Crippen LogP contribution in [0.4, 0.5) is 0 Å². The molecular weight excluding hydrogens is 110 g/mol. The van der Waals surface area contributed by atoms with Crippen LogP contribution in [0.2, 0.25) is 0 Å². The molecule has 1 atom stereocenters. The molecule has 0 radical (unpaired) electrons. The molecule has 0 aromatic rings. The van der Waals surface area contributed by atoms with Gasteiger partial charge in [-0.1, -0.05) is 19.1 Å². The van der Waals surface area contributed by atoms with Crippen LogP contribution in [0.1, 0.15) is 13.3 Å². The van der Waals surface area contributed by atoms with E-state index in [1.807, 2.05) is 0 Å². The highest BCUT2D eigenvalue weighted by atomic mass is 15.1. The second kappa shape index (κ2) is 3.02. The Kier molecular flexibility index (Phi) is 2.29. The summed E-state index contributed by atoms with van der Waals surface area (Å²) in [6.45, 7) is 4.62. The average molecular weight is 125 g/mol. The zero-order valence-corrected chi connectivity index (χ0v) is 6.30. The van der Waals surface area contributed by atoms with Crippen LogP contribution in [0.5, 0.6) is 0 Å². The monoisotopic (exact) mass is 125 g/mol. The third kappa shape index (κ3) is 1.83. The molecule has 0 bridgehead atoms. The Morgan fingerprint density at radius 1 is 1.67 bits per heavy atom. The number of hydrogen-bond acceptors (Lipinski definition) is 1. The Labute approximate surface area is 57.4 Å². The van der Waals surface area contributed by atoms with Gasteiger partial charge in [-0.3, -0.25) is 0 Å². The minimum Gasteiger partial charge on any atom is -0.302 e. The van der Waals surface area contributed by atoms with Crippen LogP contribution in [0.25, 0.3) is 0 Å². The molecule has 0 spiro atoms. The number of hydrogen-bond donors (Lipinski definition) is 0. The molecule has 0 saturated carbocycles. The highest BCUT2D eigenvalue weighted by Crippen LogP contribution is 2.10. The Bertz CT molecular complexity index is 107. The lowest BCUT2D eigenvalue weighted by Gasteiger charge is -2.23. The van der Waals surface area contributed by atoms with Crippen molar-refractivity contribution in [1.82, 2.24) is 4.90 Å². The molecule has 1 nitrogen and oxygen atoms in total. The zero-order chi connectivity index (χ0) is 6.69. The maximum absolute atomic E-state index is 2.36. The van der Waals surface area contributed by atoms with E-state index in [9.17, 15) is 0 Å². The second-order valence-electron chi connectivity index (χ2n) is 2.82. The van der Waals surface area contributed by atoms with E-state index in [4.69, 9.17) is 0 Å². The van der Waals surface area contributed by atoms with E-state index in [0.29, 0.717) is 0 Å². The first-order chi connectivity index (χ1) is 4.33. The fourth-order valence-corrected chi connectivity index (χ4v) is 1.23. The van der Waals surface area contributed by atoms with E-state index in [2.05, 4.69) is 31.0 Å². The Hall–Kier alpha value is -0.300. The largest absolute Gasteiger partial charge is 0.302 e. The quantitative estimate of drug-likeness (QED) is 0.480. The maximum Gasteiger partial charge on any atom is 0.0160 e. The van der Waals surface area contributed by atoms with E-state index in [1.54, 1.807) is 0 Å². The predicted molar refractivity (Wildman–Crippen MR) is 40.4 cm³/mol. The second-order valence-corrected chi connectivity index (χ2v) is 2.82. The van der Waals surface area contributed by atoms with Gasteiger partial charge in [0.25, 0.3) is 0 Å². The first kappa shape index (κ1) is 6.81. The van der Waals surface area contributed by atoms with Crippen LogP contribution >= 0.6 is 0 Å². The standard InChI is InChI=1S/C8H15N/c1-3-8-5-4-6-9(2)7-8/h4-5,8H,3,6-7H2,1-2H3. The highest BCUT2D eigenvalue weighted by Gasteiger charge is 2.08. The third-order valence-corrected chi connectivity index (χ3v) is 1.90. The van der Waals surface area contributed by atoms with Crippen LogP contribution < -0.4 is 0 Å². The van der Waals surface area contributed by atoms with Crippen LogP contribution in [0, 0.1) is 5.92 Å². The lowest BCUT2D eigenvalue weighted by atomic mass is 10.0. The Balaban J connectivity index is 2.39. The van der Waals surface area contributed by atoms with Crippen molar-refractivity contribution < 1.29 is 0 Å². The first-order valence-electron chi connectivity index (χ1n) is 3.68. The summed E-state index contributed by atoms with van der Waals surface area (Å²) in [4.78, 5) is 2.36. The molecule has 0 aliphatic carbocycles. The molecule has 1 heterocycles. The van der Waals surface area contributed by atoms with Crippen LogP contribution in [0.15, 0.2) is 12.2 Å². The maximum atomic E-state index is 2.36. The average Bonchev–Trinajstić information content (AvgIpc) is 1.88. The molecule has 9 heavy (non-hydrogen) atoms. The van der Waals surface area contributed by atoms with Gasteiger partial charge in [-0.15, -0.1) is 0 Å². The fourth-order valence-electron chi connectivity index (χ4n) is 1.23. The molecule has 1 aliphatic heterocycles. The molecule has 0 aromatic heterocycles. The highest BCUT2D eigenvalue weighted by molar-refractivity contribution is 4.95. The normalized spacial score (nSPS) is 28.9. The van der Waals surface area contributed by atoms with Gasteiger partial charge in [0.1, 0.15) is 0 Å². The SMILES string of the molecule is CCC1C=CCN(C)C1. The Morgan fingerprint density at radius 3 is 2.89 bits per heavy atom. The van der Waals surface area contributed by atoms with Crippen molar-refractivity contribution in [3.05, 3.63) is 12.2 Å². The van der Waals surface area contributed by atoms with Gasteiger partial charge in [0.15, 0.2) is 0 Å². The number of rotatable bonds is 1.